The van der Waals surface area contributed by atoms with Crippen LogP contribution in [-0.4, -0.2) is 86.4 Å². The van der Waals surface area contributed by atoms with E-state index in [1.54, 1.807) is 14.1 Å². The number of amides is 3. The van der Waals surface area contributed by atoms with Crippen LogP contribution in [0.3, 0.4) is 0 Å². The highest BCUT2D eigenvalue weighted by molar-refractivity contribution is 6.07. The fourth-order valence-electron chi connectivity index (χ4n) is 5.59. The predicted octanol–water partition coefficient (Wildman–Crippen LogP) is 4.37. The summed E-state index contributed by atoms with van der Waals surface area (Å²) in [6, 6.07) is 9.69. The van der Waals surface area contributed by atoms with Crippen LogP contribution in [0, 0.1) is 11.8 Å². The Morgan fingerprint density at radius 1 is 0.952 bits per heavy atom. The molecule has 0 spiro atoms. The van der Waals surface area contributed by atoms with Gasteiger partial charge >= 0.3 is 6.09 Å². The van der Waals surface area contributed by atoms with Crippen molar-refractivity contribution < 1.29 is 23.9 Å². The quantitative estimate of drug-likeness (QED) is 0.452. The number of hydrogen-bond acceptors (Lipinski definition) is 7. The number of fused-ring (bicyclic) bond motifs is 1. The standard InChI is InChI=1S/C32H47N5O5/c1-32(2,3)42-31(40)34-20-23-12-10-22(11-13-23)19-33-30(39)26-18-28(35-27-9-7-6-8-25(26)27)37-16-14-24(15-17-37)41-21-29(38)36(4)5/h6-9,18,22-24H,10-17,19-21H2,1-5H3,(H,33,39)(H,34,40)/t22-,23-. The lowest BCUT2D eigenvalue weighted by Gasteiger charge is -2.33. The maximum atomic E-state index is 13.5. The Kier molecular flexibility index (Phi) is 10.6. The number of benzene rings is 1. The number of anilines is 1. The number of hydrogen-bond donors (Lipinski definition) is 2. The molecule has 0 atom stereocenters. The molecule has 2 aromatic rings. The summed E-state index contributed by atoms with van der Waals surface area (Å²) < 4.78 is 11.2. The van der Waals surface area contributed by atoms with E-state index in [0.29, 0.717) is 30.5 Å². The first kappa shape index (κ1) is 31.5. The number of carbonyl (C=O) groups excluding carboxylic acids is 3. The minimum Gasteiger partial charge on any atom is -0.444 e. The van der Waals surface area contributed by atoms with E-state index in [-0.39, 0.29) is 30.6 Å². The third-order valence-electron chi connectivity index (χ3n) is 8.11. The number of likely N-dealkylation sites (N-methyl/N-ethyl adjacent to an activating group) is 1. The molecule has 10 nitrogen and oxygen atoms in total. The first-order valence-electron chi connectivity index (χ1n) is 15.2. The van der Waals surface area contributed by atoms with E-state index in [9.17, 15) is 14.4 Å². The van der Waals surface area contributed by atoms with Gasteiger partial charge in [0.05, 0.1) is 17.2 Å². The molecule has 1 aromatic carbocycles. The minimum absolute atomic E-state index is 0.0347. The highest BCUT2D eigenvalue weighted by Crippen LogP contribution is 2.29. The zero-order valence-electron chi connectivity index (χ0n) is 25.8. The lowest BCUT2D eigenvalue weighted by Crippen LogP contribution is -2.39. The number of nitrogens with one attached hydrogen (secondary N) is 2. The van der Waals surface area contributed by atoms with E-state index in [0.717, 1.165) is 68.3 Å². The van der Waals surface area contributed by atoms with Crippen LogP contribution in [0.25, 0.3) is 10.9 Å². The van der Waals surface area contributed by atoms with Crippen LogP contribution in [-0.2, 0) is 14.3 Å². The number of aromatic nitrogens is 1. The summed E-state index contributed by atoms with van der Waals surface area (Å²) in [6.07, 6.45) is 5.33. The second-order valence-electron chi connectivity index (χ2n) is 12.8. The van der Waals surface area contributed by atoms with Gasteiger partial charge in [0.25, 0.3) is 5.91 Å². The van der Waals surface area contributed by atoms with Crippen LogP contribution in [0.2, 0.25) is 0 Å². The number of para-hydroxylation sites is 1. The molecule has 0 unspecified atom stereocenters. The molecule has 2 heterocycles. The summed E-state index contributed by atoms with van der Waals surface area (Å²) in [5, 5.41) is 6.94. The number of piperidine rings is 1. The number of ether oxygens (including phenoxy) is 2. The Balaban J connectivity index is 1.29. The third kappa shape index (κ3) is 9.05. The first-order valence-corrected chi connectivity index (χ1v) is 15.2. The van der Waals surface area contributed by atoms with Crippen LogP contribution in [0.5, 0.6) is 0 Å². The second kappa shape index (κ2) is 14.2. The summed E-state index contributed by atoms with van der Waals surface area (Å²) in [7, 11) is 3.46. The van der Waals surface area contributed by atoms with Crippen molar-refractivity contribution in [3.63, 3.8) is 0 Å². The van der Waals surface area contributed by atoms with Crippen molar-refractivity contribution in [2.24, 2.45) is 11.8 Å². The maximum absolute atomic E-state index is 13.5. The van der Waals surface area contributed by atoms with Gasteiger partial charge in [0.1, 0.15) is 18.0 Å². The Bertz CT molecular complexity index is 1230. The van der Waals surface area contributed by atoms with Gasteiger partial charge in [-0.05, 0) is 83.3 Å². The van der Waals surface area contributed by atoms with Crippen molar-refractivity contribution in [3.8, 4) is 0 Å². The van der Waals surface area contributed by atoms with Crippen molar-refractivity contribution in [2.45, 2.75) is 71.0 Å². The third-order valence-corrected chi connectivity index (χ3v) is 8.11. The molecule has 1 aromatic heterocycles. The highest BCUT2D eigenvalue weighted by Gasteiger charge is 2.26. The molecule has 42 heavy (non-hydrogen) atoms. The Morgan fingerprint density at radius 2 is 1.57 bits per heavy atom. The molecule has 10 heteroatoms. The lowest BCUT2D eigenvalue weighted by atomic mass is 9.82. The second-order valence-corrected chi connectivity index (χ2v) is 12.8. The van der Waals surface area contributed by atoms with E-state index in [2.05, 4.69) is 15.5 Å². The van der Waals surface area contributed by atoms with Crippen molar-refractivity contribution in [1.82, 2.24) is 20.5 Å². The van der Waals surface area contributed by atoms with E-state index in [1.165, 1.54) is 4.90 Å². The van der Waals surface area contributed by atoms with Gasteiger partial charge in [-0.1, -0.05) is 18.2 Å². The van der Waals surface area contributed by atoms with Gasteiger partial charge in [0, 0.05) is 45.7 Å². The highest BCUT2D eigenvalue weighted by atomic mass is 16.6. The molecular formula is C32H47N5O5. The molecule has 2 aliphatic rings. The summed E-state index contributed by atoms with van der Waals surface area (Å²) in [5.74, 6) is 1.52. The van der Waals surface area contributed by atoms with Gasteiger partial charge < -0.3 is 29.9 Å². The SMILES string of the molecule is CN(C)C(=O)COC1CCN(c2cc(C(=O)NC[C@H]3CC[C@H](CNC(=O)OC(C)(C)C)CC3)c3ccccc3n2)CC1. The monoisotopic (exact) mass is 581 g/mol. The van der Waals surface area contributed by atoms with E-state index in [4.69, 9.17) is 14.5 Å². The molecule has 1 aliphatic carbocycles. The van der Waals surface area contributed by atoms with Gasteiger partial charge in [-0.25, -0.2) is 9.78 Å². The Morgan fingerprint density at radius 3 is 2.19 bits per heavy atom. The molecule has 1 saturated carbocycles. The average Bonchev–Trinajstić information content (AvgIpc) is 2.97. The topological polar surface area (TPSA) is 113 Å². The first-order chi connectivity index (χ1) is 20.0. The van der Waals surface area contributed by atoms with Crippen LogP contribution in [0.15, 0.2) is 30.3 Å². The molecule has 4 rings (SSSR count). The smallest absolute Gasteiger partial charge is 0.407 e. The summed E-state index contributed by atoms with van der Waals surface area (Å²) in [4.78, 5) is 45.9. The molecular weight excluding hydrogens is 534 g/mol. The van der Waals surface area contributed by atoms with Crippen molar-refractivity contribution in [2.75, 3.05) is 51.8 Å². The van der Waals surface area contributed by atoms with Crippen LogP contribution in [0.4, 0.5) is 10.6 Å². The van der Waals surface area contributed by atoms with Crippen LogP contribution in [0.1, 0.15) is 69.7 Å². The van der Waals surface area contributed by atoms with Crippen molar-refractivity contribution in [3.05, 3.63) is 35.9 Å². The molecule has 230 valence electrons. The number of alkyl carbamates (subject to hydrolysis) is 1. The zero-order chi connectivity index (χ0) is 30.3. The summed E-state index contributed by atoms with van der Waals surface area (Å²) in [6.45, 7) is 8.43. The molecule has 0 bridgehead atoms. The molecule has 2 N–H and O–H groups in total. The largest absolute Gasteiger partial charge is 0.444 e. The molecule has 0 radical (unpaired) electrons. The van der Waals surface area contributed by atoms with Gasteiger partial charge in [0.2, 0.25) is 5.91 Å². The fourth-order valence-corrected chi connectivity index (χ4v) is 5.59. The lowest BCUT2D eigenvalue weighted by molar-refractivity contribution is -0.136. The number of nitrogens with zero attached hydrogens (tertiary/aromatic N) is 3. The van der Waals surface area contributed by atoms with E-state index < -0.39 is 5.60 Å². The number of carbonyl (C=O) groups is 3. The average molecular weight is 582 g/mol. The predicted molar refractivity (Wildman–Crippen MR) is 164 cm³/mol. The van der Waals surface area contributed by atoms with Crippen molar-refractivity contribution >= 4 is 34.6 Å². The zero-order valence-corrected chi connectivity index (χ0v) is 25.8. The van der Waals surface area contributed by atoms with Gasteiger partial charge in [-0.15, -0.1) is 0 Å². The molecule has 3 amide bonds. The van der Waals surface area contributed by atoms with E-state index in [1.807, 2.05) is 51.1 Å². The normalized spacial score (nSPS) is 19.8. The fraction of sp³-hybridized carbons (Fsp3) is 0.625. The summed E-state index contributed by atoms with van der Waals surface area (Å²) in [5.41, 5.74) is 0.940. The Hall–Kier alpha value is -3.40. The molecule has 1 aliphatic heterocycles. The van der Waals surface area contributed by atoms with Gasteiger partial charge in [0.15, 0.2) is 0 Å². The van der Waals surface area contributed by atoms with Crippen LogP contribution >= 0.6 is 0 Å². The minimum atomic E-state index is -0.499. The van der Waals surface area contributed by atoms with Crippen LogP contribution < -0.4 is 15.5 Å². The molecule has 1 saturated heterocycles. The van der Waals surface area contributed by atoms with Gasteiger partial charge in [-0.2, -0.15) is 0 Å². The number of pyridine rings is 1. The van der Waals surface area contributed by atoms with Gasteiger partial charge in [-0.3, -0.25) is 9.59 Å². The Labute approximate surface area is 249 Å². The molecule has 2 fully saturated rings. The summed E-state index contributed by atoms with van der Waals surface area (Å²) >= 11 is 0. The van der Waals surface area contributed by atoms with Crippen molar-refractivity contribution in [1.29, 1.82) is 0 Å². The van der Waals surface area contributed by atoms with E-state index >= 15 is 0 Å². The maximum Gasteiger partial charge on any atom is 0.407 e. The number of rotatable bonds is 9.